The van der Waals surface area contributed by atoms with E-state index in [1.165, 1.54) is 0 Å². The van der Waals surface area contributed by atoms with Crippen LogP contribution in [0.1, 0.15) is 21.9 Å². The minimum atomic E-state index is -0.245. The third-order valence-corrected chi connectivity index (χ3v) is 3.46. The van der Waals surface area contributed by atoms with E-state index in [0.717, 1.165) is 0 Å². The number of ketones is 1. The molecular weight excluding hydrogens is 322 g/mol. The quantitative estimate of drug-likeness (QED) is 0.688. The van der Waals surface area contributed by atoms with Gasteiger partial charge in [-0.3, -0.25) is 9.59 Å². The molecule has 0 saturated heterocycles. The number of aromatic nitrogens is 2. The molecule has 2 rings (SSSR count). The summed E-state index contributed by atoms with van der Waals surface area (Å²) in [6.45, 7) is 1.78. The third kappa shape index (κ3) is 2.80. The fourth-order valence-electron chi connectivity index (χ4n) is 1.85. The van der Waals surface area contributed by atoms with Crippen LogP contribution in [0.15, 0.2) is 30.3 Å². The van der Waals surface area contributed by atoms with Crippen LogP contribution in [0.4, 0.5) is 5.82 Å². The molecule has 0 bridgehead atoms. The molecule has 1 aromatic carbocycles. The second-order valence-electron chi connectivity index (χ2n) is 4.29. The Bertz CT molecular complexity index is 650. The smallest absolute Gasteiger partial charge is 0.236 e. The number of hydrogen-bond acceptors (Lipinski definition) is 3. The zero-order valence-corrected chi connectivity index (χ0v) is 12.8. The van der Waals surface area contributed by atoms with E-state index in [0.29, 0.717) is 22.9 Å². The SMILES string of the molecule is Cc1nc(NC(=O)CBr)c(C(=O)c2ccccc2)n1C. The topological polar surface area (TPSA) is 64.0 Å². The zero-order valence-electron chi connectivity index (χ0n) is 11.2. The van der Waals surface area contributed by atoms with E-state index < -0.39 is 0 Å². The largest absolute Gasteiger partial charge is 0.327 e. The minimum absolute atomic E-state index is 0.154. The van der Waals surface area contributed by atoms with Gasteiger partial charge in [0.1, 0.15) is 11.5 Å². The van der Waals surface area contributed by atoms with Gasteiger partial charge in [0.25, 0.3) is 0 Å². The summed E-state index contributed by atoms with van der Waals surface area (Å²) in [5.74, 6) is 0.543. The van der Waals surface area contributed by atoms with E-state index in [4.69, 9.17) is 0 Å². The molecule has 0 spiro atoms. The Morgan fingerprint density at radius 1 is 1.30 bits per heavy atom. The summed E-state index contributed by atoms with van der Waals surface area (Å²) in [6, 6.07) is 8.92. The number of nitrogens with one attached hydrogen (secondary N) is 1. The standard InChI is InChI=1S/C14H14BrN3O2/c1-9-16-14(17-11(19)8-15)12(18(9)2)13(20)10-6-4-3-5-7-10/h3-7H,8H2,1-2H3,(H,17,19). The number of imidazole rings is 1. The lowest BCUT2D eigenvalue weighted by Crippen LogP contribution is -2.17. The number of hydrogen-bond donors (Lipinski definition) is 1. The first kappa shape index (κ1) is 14.5. The molecule has 0 radical (unpaired) electrons. The number of halogens is 1. The number of carbonyl (C=O) groups is 2. The first-order valence-electron chi connectivity index (χ1n) is 6.03. The van der Waals surface area contributed by atoms with Crippen LogP contribution in [0.25, 0.3) is 0 Å². The fraction of sp³-hybridized carbons (Fsp3) is 0.214. The van der Waals surface area contributed by atoms with Gasteiger partial charge in [-0.2, -0.15) is 0 Å². The maximum atomic E-state index is 12.5. The molecule has 0 aliphatic carbocycles. The molecule has 0 atom stereocenters. The summed E-state index contributed by atoms with van der Waals surface area (Å²) < 4.78 is 1.68. The van der Waals surface area contributed by atoms with Crippen molar-refractivity contribution >= 4 is 33.4 Å². The zero-order chi connectivity index (χ0) is 14.7. The lowest BCUT2D eigenvalue weighted by Gasteiger charge is -2.06. The Balaban J connectivity index is 2.45. The van der Waals surface area contributed by atoms with E-state index in [1.807, 2.05) is 6.07 Å². The Morgan fingerprint density at radius 2 is 1.95 bits per heavy atom. The highest BCUT2D eigenvalue weighted by Gasteiger charge is 2.21. The lowest BCUT2D eigenvalue weighted by atomic mass is 10.1. The molecule has 0 fully saturated rings. The number of rotatable bonds is 4. The molecule has 1 aromatic heterocycles. The van der Waals surface area contributed by atoms with Crippen LogP contribution < -0.4 is 5.32 Å². The van der Waals surface area contributed by atoms with Gasteiger partial charge in [0.2, 0.25) is 11.7 Å². The van der Waals surface area contributed by atoms with Crippen molar-refractivity contribution in [2.75, 3.05) is 10.6 Å². The number of aryl methyl sites for hydroxylation is 1. The molecule has 20 heavy (non-hydrogen) atoms. The Morgan fingerprint density at radius 3 is 2.55 bits per heavy atom. The van der Waals surface area contributed by atoms with Crippen molar-refractivity contribution in [1.82, 2.24) is 9.55 Å². The van der Waals surface area contributed by atoms with Gasteiger partial charge in [-0.05, 0) is 6.92 Å². The minimum Gasteiger partial charge on any atom is -0.327 e. The molecule has 5 nitrogen and oxygen atoms in total. The van der Waals surface area contributed by atoms with Crippen molar-refractivity contribution in [3.8, 4) is 0 Å². The van der Waals surface area contributed by atoms with E-state index in [-0.39, 0.29) is 17.0 Å². The number of benzene rings is 1. The normalized spacial score (nSPS) is 10.3. The van der Waals surface area contributed by atoms with E-state index in [1.54, 1.807) is 42.8 Å². The highest BCUT2D eigenvalue weighted by molar-refractivity contribution is 9.09. The summed E-state index contributed by atoms with van der Waals surface area (Å²) in [5.41, 5.74) is 0.938. The second-order valence-corrected chi connectivity index (χ2v) is 4.85. The third-order valence-electron chi connectivity index (χ3n) is 2.95. The van der Waals surface area contributed by atoms with Gasteiger partial charge in [-0.25, -0.2) is 4.98 Å². The van der Waals surface area contributed by atoms with Gasteiger partial charge in [-0.15, -0.1) is 0 Å². The van der Waals surface area contributed by atoms with Crippen LogP contribution >= 0.6 is 15.9 Å². The van der Waals surface area contributed by atoms with Gasteiger partial charge < -0.3 is 9.88 Å². The average Bonchev–Trinajstić information content (AvgIpc) is 2.74. The number of anilines is 1. The average molecular weight is 336 g/mol. The molecule has 0 saturated carbocycles. The Labute approximate surface area is 125 Å². The van der Waals surface area contributed by atoms with E-state index in [2.05, 4.69) is 26.2 Å². The van der Waals surface area contributed by atoms with Crippen LogP contribution in [-0.2, 0) is 11.8 Å². The molecule has 1 heterocycles. The first-order valence-corrected chi connectivity index (χ1v) is 7.15. The Hall–Kier alpha value is -1.95. The number of nitrogens with zero attached hydrogens (tertiary/aromatic N) is 2. The maximum absolute atomic E-state index is 12.5. The molecule has 0 aliphatic heterocycles. The molecule has 0 aliphatic rings. The van der Waals surface area contributed by atoms with Crippen molar-refractivity contribution in [3.05, 3.63) is 47.4 Å². The second kappa shape index (κ2) is 6.00. The van der Waals surface area contributed by atoms with Crippen molar-refractivity contribution in [1.29, 1.82) is 0 Å². The Kier molecular flexibility index (Phi) is 4.34. The molecule has 6 heteroatoms. The van der Waals surface area contributed by atoms with Crippen LogP contribution in [0.3, 0.4) is 0 Å². The van der Waals surface area contributed by atoms with Crippen molar-refractivity contribution in [2.24, 2.45) is 7.05 Å². The number of alkyl halides is 1. The molecule has 1 N–H and O–H groups in total. The molecular formula is C14H14BrN3O2. The molecule has 2 aromatic rings. The molecule has 0 unspecified atom stereocenters. The van der Waals surface area contributed by atoms with Crippen LogP contribution in [0, 0.1) is 6.92 Å². The van der Waals surface area contributed by atoms with E-state index >= 15 is 0 Å². The summed E-state index contributed by atoms with van der Waals surface area (Å²) in [7, 11) is 1.75. The van der Waals surface area contributed by atoms with Crippen molar-refractivity contribution < 1.29 is 9.59 Å². The van der Waals surface area contributed by atoms with Crippen molar-refractivity contribution in [2.45, 2.75) is 6.92 Å². The predicted octanol–water partition coefficient (Wildman–Crippen LogP) is 2.29. The first-order chi connectivity index (χ1) is 9.54. The van der Waals surface area contributed by atoms with Crippen molar-refractivity contribution in [3.63, 3.8) is 0 Å². The summed E-state index contributed by atoms with van der Waals surface area (Å²) in [6.07, 6.45) is 0. The van der Waals surface area contributed by atoms with Gasteiger partial charge in [-0.1, -0.05) is 46.3 Å². The molecule has 104 valence electrons. The number of amides is 1. The fourth-order valence-corrected chi connectivity index (χ4v) is 1.99. The summed E-state index contributed by atoms with van der Waals surface area (Å²) in [4.78, 5) is 28.3. The van der Waals surface area contributed by atoms with Gasteiger partial charge in [0.15, 0.2) is 5.82 Å². The van der Waals surface area contributed by atoms with Crippen LogP contribution in [0.2, 0.25) is 0 Å². The number of carbonyl (C=O) groups excluding carboxylic acids is 2. The lowest BCUT2D eigenvalue weighted by molar-refractivity contribution is -0.113. The highest BCUT2D eigenvalue weighted by Crippen LogP contribution is 2.20. The van der Waals surface area contributed by atoms with Gasteiger partial charge in [0, 0.05) is 12.6 Å². The van der Waals surface area contributed by atoms with Crippen LogP contribution in [-0.4, -0.2) is 26.6 Å². The maximum Gasteiger partial charge on any atom is 0.236 e. The summed E-state index contributed by atoms with van der Waals surface area (Å²) >= 11 is 3.07. The summed E-state index contributed by atoms with van der Waals surface area (Å²) in [5, 5.41) is 2.79. The molecule has 1 amide bonds. The van der Waals surface area contributed by atoms with Crippen LogP contribution in [0.5, 0.6) is 0 Å². The van der Waals surface area contributed by atoms with E-state index in [9.17, 15) is 9.59 Å². The predicted molar refractivity (Wildman–Crippen MR) is 80.2 cm³/mol. The monoisotopic (exact) mass is 335 g/mol. The van der Waals surface area contributed by atoms with Gasteiger partial charge >= 0.3 is 0 Å². The van der Waals surface area contributed by atoms with Gasteiger partial charge in [0.05, 0.1) is 5.33 Å². The highest BCUT2D eigenvalue weighted by atomic mass is 79.9.